The molecule has 2 heterocycles. The zero-order valence-corrected chi connectivity index (χ0v) is 24.1. The highest BCUT2D eigenvalue weighted by Crippen LogP contribution is 2.29. The van der Waals surface area contributed by atoms with Crippen LogP contribution < -0.4 is 16.0 Å². The SMILES string of the molecule is Cc1ccccc1Nc1ncc(C(=O)NCCCCCCCCCC(=O)O)cc1NC(=O)c1csc2ccccc12. The van der Waals surface area contributed by atoms with E-state index in [1.54, 1.807) is 6.07 Å². The van der Waals surface area contributed by atoms with Gasteiger partial charge in [-0.15, -0.1) is 11.3 Å². The molecule has 0 atom stereocenters. The van der Waals surface area contributed by atoms with Crippen molar-refractivity contribution in [1.82, 2.24) is 10.3 Å². The van der Waals surface area contributed by atoms with Gasteiger partial charge in [0.1, 0.15) is 0 Å². The number of carbonyl (C=O) groups excluding carboxylic acids is 2. The van der Waals surface area contributed by atoms with Crippen LogP contribution in [0, 0.1) is 6.92 Å². The van der Waals surface area contributed by atoms with Crippen molar-refractivity contribution in [3.63, 3.8) is 0 Å². The molecule has 2 aromatic heterocycles. The Hall–Kier alpha value is -4.24. The van der Waals surface area contributed by atoms with Gasteiger partial charge in [0.25, 0.3) is 11.8 Å². The monoisotopic (exact) mass is 572 g/mol. The van der Waals surface area contributed by atoms with Crippen molar-refractivity contribution in [2.75, 3.05) is 17.2 Å². The van der Waals surface area contributed by atoms with Gasteiger partial charge in [-0.3, -0.25) is 14.4 Å². The molecular weight excluding hydrogens is 536 g/mol. The fourth-order valence-electron chi connectivity index (χ4n) is 4.56. The van der Waals surface area contributed by atoms with Gasteiger partial charge in [-0.2, -0.15) is 0 Å². The van der Waals surface area contributed by atoms with E-state index in [4.69, 9.17) is 5.11 Å². The van der Waals surface area contributed by atoms with E-state index in [9.17, 15) is 14.4 Å². The number of para-hydroxylation sites is 1. The Kier molecular flexibility index (Phi) is 10.8. The fourth-order valence-corrected chi connectivity index (χ4v) is 5.50. The maximum atomic E-state index is 13.3. The maximum absolute atomic E-state index is 13.3. The third-order valence-corrected chi connectivity index (χ3v) is 7.84. The lowest BCUT2D eigenvalue weighted by Gasteiger charge is -2.15. The van der Waals surface area contributed by atoms with E-state index >= 15 is 0 Å². The second-order valence-corrected chi connectivity index (χ2v) is 10.9. The first-order chi connectivity index (χ1) is 19.9. The quantitative estimate of drug-likeness (QED) is 0.109. The maximum Gasteiger partial charge on any atom is 0.303 e. The average Bonchev–Trinajstić information content (AvgIpc) is 3.40. The molecule has 2 aromatic carbocycles. The van der Waals surface area contributed by atoms with E-state index in [2.05, 4.69) is 20.9 Å². The number of rotatable bonds is 15. The molecule has 0 unspecified atom stereocenters. The predicted molar refractivity (Wildman–Crippen MR) is 165 cm³/mol. The molecule has 8 nitrogen and oxygen atoms in total. The van der Waals surface area contributed by atoms with Gasteiger partial charge in [0.15, 0.2) is 5.82 Å². The van der Waals surface area contributed by atoms with Crippen molar-refractivity contribution in [3.8, 4) is 0 Å². The molecule has 0 saturated carbocycles. The number of pyridine rings is 1. The molecule has 0 spiro atoms. The summed E-state index contributed by atoms with van der Waals surface area (Å²) in [6, 6.07) is 17.2. The molecule has 4 rings (SSSR count). The number of thiophene rings is 1. The summed E-state index contributed by atoms with van der Waals surface area (Å²) < 4.78 is 1.03. The zero-order valence-electron chi connectivity index (χ0n) is 23.2. The Balaban J connectivity index is 1.38. The number of aliphatic carboxylic acids is 1. The van der Waals surface area contributed by atoms with Crippen molar-refractivity contribution in [3.05, 3.63) is 82.9 Å². The van der Waals surface area contributed by atoms with Crippen molar-refractivity contribution in [1.29, 1.82) is 0 Å². The van der Waals surface area contributed by atoms with Gasteiger partial charge in [0.05, 0.1) is 16.8 Å². The molecule has 0 aliphatic heterocycles. The Morgan fingerprint density at radius 3 is 2.34 bits per heavy atom. The van der Waals surface area contributed by atoms with Gasteiger partial charge in [-0.1, -0.05) is 68.5 Å². The normalized spacial score (nSPS) is 10.9. The smallest absolute Gasteiger partial charge is 0.303 e. The van der Waals surface area contributed by atoms with Crippen LogP contribution in [0.2, 0.25) is 0 Å². The summed E-state index contributed by atoms with van der Waals surface area (Å²) in [5.41, 5.74) is 3.24. The van der Waals surface area contributed by atoms with Gasteiger partial charge in [-0.25, -0.2) is 4.98 Å². The van der Waals surface area contributed by atoms with Crippen LogP contribution in [-0.4, -0.2) is 34.4 Å². The summed E-state index contributed by atoms with van der Waals surface area (Å²) in [5, 5.41) is 20.7. The van der Waals surface area contributed by atoms with Crippen LogP contribution in [0.5, 0.6) is 0 Å². The van der Waals surface area contributed by atoms with Crippen molar-refractivity contribution < 1.29 is 19.5 Å². The van der Waals surface area contributed by atoms with Crippen molar-refractivity contribution in [2.45, 2.75) is 58.3 Å². The molecule has 4 aromatic rings. The number of benzene rings is 2. The number of carboxylic acid groups (broad SMARTS) is 1. The molecule has 41 heavy (non-hydrogen) atoms. The number of fused-ring (bicyclic) bond motifs is 1. The summed E-state index contributed by atoms with van der Waals surface area (Å²) in [7, 11) is 0. The van der Waals surface area contributed by atoms with Gasteiger partial charge >= 0.3 is 5.97 Å². The van der Waals surface area contributed by atoms with E-state index in [-0.39, 0.29) is 18.2 Å². The second-order valence-electron chi connectivity index (χ2n) is 10.0. The number of amides is 2. The Morgan fingerprint density at radius 2 is 1.56 bits per heavy atom. The second kappa shape index (κ2) is 14.9. The van der Waals surface area contributed by atoms with Gasteiger partial charge < -0.3 is 21.1 Å². The third-order valence-electron chi connectivity index (χ3n) is 6.87. The summed E-state index contributed by atoms with van der Waals surface area (Å²) in [5.74, 6) is -0.798. The number of aromatic nitrogens is 1. The molecule has 0 aliphatic rings. The van der Waals surface area contributed by atoms with E-state index in [1.165, 1.54) is 17.5 Å². The van der Waals surface area contributed by atoms with Crippen molar-refractivity contribution in [2.24, 2.45) is 0 Å². The Labute approximate surface area is 244 Å². The first kappa shape index (κ1) is 29.7. The minimum absolute atomic E-state index is 0.236. The molecule has 0 bridgehead atoms. The number of hydrogen-bond acceptors (Lipinski definition) is 6. The van der Waals surface area contributed by atoms with E-state index in [0.717, 1.165) is 66.3 Å². The van der Waals surface area contributed by atoms with Crippen LogP contribution in [0.3, 0.4) is 0 Å². The van der Waals surface area contributed by atoms with Crippen molar-refractivity contribution >= 4 is 56.4 Å². The lowest BCUT2D eigenvalue weighted by molar-refractivity contribution is -0.137. The summed E-state index contributed by atoms with van der Waals surface area (Å²) in [6.45, 7) is 2.53. The number of nitrogens with zero attached hydrogens (tertiary/aromatic N) is 1. The highest BCUT2D eigenvalue weighted by molar-refractivity contribution is 7.17. The van der Waals surface area contributed by atoms with Gasteiger partial charge in [0, 0.05) is 40.3 Å². The van der Waals surface area contributed by atoms with E-state index < -0.39 is 5.97 Å². The molecule has 9 heteroatoms. The van der Waals surface area contributed by atoms with Crippen LogP contribution in [0.15, 0.2) is 66.2 Å². The zero-order chi connectivity index (χ0) is 29.0. The number of carbonyl (C=O) groups is 3. The van der Waals surface area contributed by atoms with Gasteiger partial charge in [-0.05, 0) is 43.5 Å². The molecule has 2 amide bonds. The van der Waals surface area contributed by atoms with E-state index in [1.807, 2.05) is 60.8 Å². The molecule has 0 fully saturated rings. The highest BCUT2D eigenvalue weighted by atomic mass is 32.1. The van der Waals surface area contributed by atoms with Gasteiger partial charge in [0.2, 0.25) is 0 Å². The Bertz CT molecular complexity index is 1500. The standard InChI is InChI=1S/C32H36N4O4S/c1-22-13-8-10-15-26(22)35-30-27(36-32(40)25-21-41-28-16-11-9-14-24(25)28)19-23(20-34-30)31(39)33-18-12-6-4-2-3-5-7-17-29(37)38/h8-11,13-16,19-21H,2-7,12,17-18H2,1H3,(H,33,39)(H,34,35)(H,36,40)(H,37,38). The lowest BCUT2D eigenvalue weighted by Crippen LogP contribution is -2.25. The highest BCUT2D eigenvalue weighted by Gasteiger charge is 2.17. The summed E-state index contributed by atoms with van der Waals surface area (Å²) >= 11 is 1.51. The van der Waals surface area contributed by atoms with Crippen LogP contribution >= 0.6 is 11.3 Å². The Morgan fingerprint density at radius 1 is 0.854 bits per heavy atom. The molecule has 214 valence electrons. The molecule has 0 aliphatic carbocycles. The predicted octanol–water partition coefficient (Wildman–Crippen LogP) is 7.54. The average molecular weight is 573 g/mol. The fraction of sp³-hybridized carbons (Fsp3) is 0.312. The number of aryl methyl sites for hydroxylation is 1. The number of unbranched alkanes of at least 4 members (excludes halogenated alkanes) is 6. The van der Waals surface area contributed by atoms with E-state index in [0.29, 0.717) is 29.2 Å². The van der Waals surface area contributed by atoms with Crippen LogP contribution in [0.25, 0.3) is 10.1 Å². The third kappa shape index (κ3) is 8.62. The largest absolute Gasteiger partial charge is 0.481 e. The molecule has 0 radical (unpaired) electrons. The molecule has 4 N–H and O–H groups in total. The minimum Gasteiger partial charge on any atom is -0.481 e. The minimum atomic E-state index is -0.737. The van der Waals surface area contributed by atoms with Crippen LogP contribution in [-0.2, 0) is 4.79 Å². The number of anilines is 3. The lowest BCUT2D eigenvalue weighted by atomic mass is 10.1. The van der Waals surface area contributed by atoms with Crippen LogP contribution in [0.4, 0.5) is 17.2 Å². The number of carboxylic acids is 1. The van der Waals surface area contributed by atoms with Crippen LogP contribution in [0.1, 0.15) is 77.6 Å². The molecular formula is C32H36N4O4S. The first-order valence-corrected chi connectivity index (χ1v) is 14.9. The summed E-state index contributed by atoms with van der Waals surface area (Å²) in [4.78, 5) is 41.4. The first-order valence-electron chi connectivity index (χ1n) is 14.0. The number of nitrogens with one attached hydrogen (secondary N) is 3. The molecule has 0 saturated heterocycles. The summed E-state index contributed by atoms with van der Waals surface area (Å²) in [6.07, 6.45) is 8.42. The topological polar surface area (TPSA) is 120 Å². The number of hydrogen-bond donors (Lipinski definition) is 4.